The van der Waals surface area contributed by atoms with Crippen molar-refractivity contribution in [3.8, 4) is 22.8 Å². The molecular weight excluding hydrogens is 1400 g/mol. The van der Waals surface area contributed by atoms with E-state index in [4.69, 9.17) is 30.9 Å². The highest BCUT2D eigenvalue weighted by atomic mass is 35.5. The standard InChI is InChI=1S/C28H34N6Si.C19H36BNO2Si.C19H13FN6.C15H9ClFN5/c1-18(2)35(19(3)4,20(5)6)34-14-13-21(17-34)27-31-26-10-8-7-9-24(26)28(32-27)30-23-11-12-25-22(15-23)16-29-33-25;1-14(2)24(15(3)4,16(5)6)21-12-11-17(13-21)20-22-18(7,8)19(9,10)23-20;20-15-9-13(8-11-4-7-22-16(11)15)24-19-14-2-1-5-23-18(14)25-17(26-19)12-3-6-21-10-12;16-15-21-13-10(2-1-4-19-13)14(22-15)20-9-6-8-3-5-18-12(8)11(17)7-9/h7-20H,1-6H3,(H,29,33)(H,30,31,32);11-16H,1-10H3;1-10,21-22H,(H,23,24,25,26);1-7,18H,(H,19,20,21,22). The normalized spacial score (nSPS) is 13.7. The number of halogens is 3. The zero-order valence-corrected chi connectivity index (χ0v) is 66.1. The van der Waals surface area contributed by atoms with E-state index in [1.807, 2.05) is 85.3 Å². The molecule has 0 radical (unpaired) electrons. The van der Waals surface area contributed by atoms with Gasteiger partial charge < -0.3 is 48.7 Å². The van der Waals surface area contributed by atoms with Crippen molar-refractivity contribution >= 4 is 141 Å². The molecule has 20 nitrogen and oxygen atoms in total. The molecule has 0 atom stereocenters. The van der Waals surface area contributed by atoms with Crippen LogP contribution in [0.1, 0.15) is 111 Å². The Hall–Kier alpha value is -10.4. The van der Waals surface area contributed by atoms with Crippen molar-refractivity contribution in [3.05, 3.63) is 206 Å². The smallest absolute Gasteiger partial charge is 0.399 e. The highest BCUT2D eigenvalue weighted by molar-refractivity contribution is 6.82. The first-order chi connectivity index (χ1) is 51.1. The number of H-pyrrole nitrogens is 4. The summed E-state index contributed by atoms with van der Waals surface area (Å²) in [4.78, 5) is 44.6. The highest BCUT2D eigenvalue weighted by Gasteiger charge is 2.53. The molecule has 12 heterocycles. The van der Waals surface area contributed by atoms with E-state index in [-0.39, 0.29) is 35.2 Å². The summed E-state index contributed by atoms with van der Waals surface area (Å²) in [7, 11) is -3.80. The van der Waals surface area contributed by atoms with Gasteiger partial charge in [-0.1, -0.05) is 95.2 Å². The van der Waals surface area contributed by atoms with Gasteiger partial charge in [-0.2, -0.15) is 15.1 Å². The molecule has 107 heavy (non-hydrogen) atoms. The lowest BCUT2D eigenvalue weighted by atomic mass is 9.81. The Morgan fingerprint density at radius 1 is 0.495 bits per heavy atom. The van der Waals surface area contributed by atoms with Gasteiger partial charge in [-0.05, 0) is 206 Å². The summed E-state index contributed by atoms with van der Waals surface area (Å²) < 4.78 is 45.9. The van der Waals surface area contributed by atoms with E-state index in [2.05, 4.69) is 245 Å². The van der Waals surface area contributed by atoms with Crippen molar-refractivity contribution in [1.82, 2.24) is 73.5 Å². The van der Waals surface area contributed by atoms with Crippen LogP contribution >= 0.6 is 11.6 Å². The topological polar surface area (TPSA) is 244 Å². The second-order valence-corrected chi connectivity index (χ2v) is 42.1. The van der Waals surface area contributed by atoms with Crippen molar-refractivity contribution in [2.24, 2.45) is 0 Å². The Morgan fingerprint density at radius 3 is 1.57 bits per heavy atom. The van der Waals surface area contributed by atoms with Crippen LogP contribution in [-0.2, 0) is 9.31 Å². The summed E-state index contributed by atoms with van der Waals surface area (Å²) >= 11 is 5.92. The van der Waals surface area contributed by atoms with E-state index in [0.717, 1.165) is 71.9 Å². The molecule has 26 heteroatoms. The minimum Gasteiger partial charge on any atom is -0.399 e. The van der Waals surface area contributed by atoms with Crippen molar-refractivity contribution in [2.45, 2.75) is 155 Å². The van der Waals surface area contributed by atoms with Crippen molar-refractivity contribution in [2.75, 3.05) is 16.0 Å². The second-order valence-electron chi connectivity index (χ2n) is 30.3. The first-order valence-electron chi connectivity index (χ1n) is 36.5. The van der Waals surface area contributed by atoms with Gasteiger partial charge in [-0.3, -0.25) is 5.10 Å². The lowest BCUT2D eigenvalue weighted by Crippen LogP contribution is -2.51. The number of fused-ring (bicyclic) bond motifs is 6. The van der Waals surface area contributed by atoms with E-state index < -0.39 is 16.5 Å². The number of hydrogen-bond acceptors (Lipinski definition) is 14. The highest BCUT2D eigenvalue weighted by Crippen LogP contribution is 2.45. The van der Waals surface area contributed by atoms with E-state index in [0.29, 0.717) is 89.8 Å². The maximum Gasteiger partial charge on any atom is 0.496 e. The number of nitrogens with one attached hydrogen (secondary N) is 7. The molecule has 7 N–H and O–H groups in total. The molecular formula is C81H92BClF2N18O2Si2. The summed E-state index contributed by atoms with van der Waals surface area (Å²) in [6, 6.07) is 38.1. The number of rotatable bonds is 17. The first kappa shape index (κ1) is 74.8. The molecule has 0 bridgehead atoms. The molecule has 4 aromatic carbocycles. The van der Waals surface area contributed by atoms with E-state index in [1.165, 1.54) is 12.1 Å². The number of anilines is 6. The van der Waals surface area contributed by atoms with Gasteiger partial charge in [0.2, 0.25) is 5.28 Å². The van der Waals surface area contributed by atoms with Crippen LogP contribution in [0, 0.1) is 11.6 Å². The number of para-hydroxylation sites is 1. The van der Waals surface area contributed by atoms with Gasteiger partial charge in [0.05, 0.1) is 50.2 Å². The van der Waals surface area contributed by atoms with Gasteiger partial charge in [0, 0.05) is 93.1 Å². The van der Waals surface area contributed by atoms with Gasteiger partial charge in [-0.15, -0.1) is 0 Å². The number of hydrogen-bond donors (Lipinski definition) is 7. The zero-order chi connectivity index (χ0) is 75.9. The van der Waals surface area contributed by atoms with Gasteiger partial charge in [0.1, 0.15) is 29.1 Å². The molecule has 0 amide bonds. The van der Waals surface area contributed by atoms with Crippen LogP contribution in [0.15, 0.2) is 189 Å². The van der Waals surface area contributed by atoms with Gasteiger partial charge in [0.15, 0.2) is 39.4 Å². The summed E-state index contributed by atoms with van der Waals surface area (Å²) in [6.07, 6.45) is 21.3. The van der Waals surface area contributed by atoms with Crippen molar-refractivity contribution in [3.63, 3.8) is 0 Å². The molecule has 0 saturated carbocycles. The average Bonchev–Trinajstić information content (AvgIpc) is 1.65. The van der Waals surface area contributed by atoms with Crippen molar-refractivity contribution < 1.29 is 18.1 Å². The van der Waals surface area contributed by atoms with E-state index >= 15 is 0 Å². The molecule has 550 valence electrons. The molecule has 1 aliphatic heterocycles. The van der Waals surface area contributed by atoms with Crippen LogP contribution < -0.4 is 21.4 Å². The molecule has 16 rings (SSSR count). The molecule has 15 aromatic rings. The maximum absolute atomic E-state index is 14.3. The van der Waals surface area contributed by atoms with Crippen LogP contribution in [0.4, 0.5) is 43.3 Å². The van der Waals surface area contributed by atoms with Crippen LogP contribution in [0.3, 0.4) is 0 Å². The molecule has 1 fully saturated rings. The third-order valence-electron chi connectivity index (χ3n) is 21.5. The fourth-order valence-electron chi connectivity index (χ4n) is 16.1. The largest absolute Gasteiger partial charge is 0.496 e. The van der Waals surface area contributed by atoms with Crippen LogP contribution in [0.2, 0.25) is 38.5 Å². The minimum absolute atomic E-state index is 0.0805. The molecule has 0 unspecified atom stereocenters. The first-order valence-corrected chi connectivity index (χ1v) is 41.2. The predicted octanol–water partition coefficient (Wildman–Crippen LogP) is 21.0. The third-order valence-corrected chi connectivity index (χ3v) is 35.1. The Balaban J connectivity index is 0.000000128. The molecule has 1 saturated heterocycles. The van der Waals surface area contributed by atoms with Gasteiger partial charge >= 0.3 is 7.12 Å². The van der Waals surface area contributed by atoms with Crippen LogP contribution in [0.25, 0.3) is 88.5 Å². The maximum atomic E-state index is 14.3. The van der Waals surface area contributed by atoms with E-state index in [1.54, 1.807) is 36.9 Å². The molecule has 11 aromatic heterocycles. The Labute approximate surface area is 629 Å². The quantitative estimate of drug-likeness (QED) is 0.0331. The summed E-state index contributed by atoms with van der Waals surface area (Å²) in [5.74, 6) is 2.49. The van der Waals surface area contributed by atoms with Crippen LogP contribution in [-0.4, -0.2) is 108 Å². The number of aromatic amines is 4. The number of benzene rings is 4. The molecule has 1 aliphatic rings. The summed E-state index contributed by atoms with van der Waals surface area (Å²) in [5, 5.41) is 22.1. The number of aromatic nitrogens is 15. The molecule has 0 aliphatic carbocycles. The Bertz CT molecular complexity index is 5570. The second kappa shape index (κ2) is 30.4. The molecule has 0 spiro atoms. The lowest BCUT2D eigenvalue weighted by molar-refractivity contribution is 0.00578. The van der Waals surface area contributed by atoms with Crippen LogP contribution in [0.5, 0.6) is 0 Å². The minimum atomic E-state index is -1.83. The van der Waals surface area contributed by atoms with Gasteiger partial charge in [0.25, 0.3) is 0 Å². The third kappa shape index (κ3) is 14.8. The predicted molar refractivity (Wildman–Crippen MR) is 438 cm³/mol. The van der Waals surface area contributed by atoms with Crippen molar-refractivity contribution in [1.29, 1.82) is 0 Å². The fourth-order valence-corrected chi connectivity index (χ4v) is 29.3. The number of nitrogens with zero attached hydrogens (tertiary/aromatic N) is 11. The monoisotopic (exact) mass is 1490 g/mol. The summed E-state index contributed by atoms with van der Waals surface area (Å²) in [5.41, 5.74) is 12.5. The Kier molecular flexibility index (Phi) is 21.3. The lowest BCUT2D eigenvalue weighted by Gasteiger charge is -2.44. The Morgan fingerprint density at radius 2 is 1.00 bits per heavy atom. The number of pyridine rings is 2. The average molecular weight is 1490 g/mol. The fraction of sp³-hybridized carbons (Fsp3) is 0.296. The SMILES string of the molecule is CC(C)[Si](C(C)C)(C(C)C)n1ccc(-c2nc(Nc3ccc4[nH]ncc4c3)c3ccccc3n2)c1.CC(C)[Si](C(C)C)(C(C)C)n1ccc(B2OC(C)(C)C(C)(C)O2)c1.Fc1cc(Nc2nc(-c3cc[nH]c3)nc3ncccc23)cc2cc[nH]c12.Fc1cc(Nc2nc(Cl)nc3ncccc23)cc2cc[nH]c12. The summed E-state index contributed by atoms with van der Waals surface area (Å²) in [6.45, 7) is 37.1. The van der Waals surface area contributed by atoms with E-state index in [9.17, 15) is 8.78 Å². The van der Waals surface area contributed by atoms with Gasteiger partial charge in [-0.25, -0.2) is 38.7 Å². The zero-order valence-electron chi connectivity index (χ0n) is 63.3.